The van der Waals surface area contributed by atoms with Gasteiger partial charge in [-0.15, -0.1) is 0 Å². The molecular weight excluding hydrogens is 254 g/mol. The maximum absolute atomic E-state index is 12.1. The molecule has 0 heterocycles. The second-order valence-corrected chi connectivity index (χ2v) is 5.27. The molecule has 1 amide bonds. The SMILES string of the molecule is CCN(CC(=O)Nc1ccc(OC)cc1N)CC1CC1. The Bertz CT molecular complexity index is 472. The number of nitrogens with zero attached hydrogens (tertiary/aromatic N) is 1. The van der Waals surface area contributed by atoms with Gasteiger partial charge in [-0.2, -0.15) is 0 Å². The van der Waals surface area contributed by atoms with Crippen molar-refractivity contribution in [3.05, 3.63) is 18.2 Å². The van der Waals surface area contributed by atoms with Crippen LogP contribution in [0.2, 0.25) is 0 Å². The lowest BCUT2D eigenvalue weighted by Gasteiger charge is -2.19. The first-order valence-corrected chi connectivity index (χ1v) is 7.08. The number of likely N-dealkylation sites (N-methyl/N-ethyl adjacent to an activating group) is 1. The highest BCUT2D eigenvalue weighted by Gasteiger charge is 2.24. The topological polar surface area (TPSA) is 67.6 Å². The average molecular weight is 277 g/mol. The van der Waals surface area contributed by atoms with E-state index in [0.717, 1.165) is 19.0 Å². The zero-order valence-electron chi connectivity index (χ0n) is 12.2. The molecule has 0 unspecified atom stereocenters. The Morgan fingerprint density at radius 1 is 1.50 bits per heavy atom. The predicted molar refractivity (Wildman–Crippen MR) is 80.9 cm³/mol. The highest BCUT2D eigenvalue weighted by atomic mass is 16.5. The largest absolute Gasteiger partial charge is 0.497 e. The van der Waals surface area contributed by atoms with Gasteiger partial charge >= 0.3 is 0 Å². The maximum atomic E-state index is 12.1. The number of methoxy groups -OCH3 is 1. The third-order valence-corrected chi connectivity index (χ3v) is 3.56. The molecule has 0 aliphatic heterocycles. The van der Waals surface area contributed by atoms with Crippen molar-refractivity contribution in [3.63, 3.8) is 0 Å². The second-order valence-electron chi connectivity index (χ2n) is 5.27. The number of nitrogens with two attached hydrogens (primary N) is 1. The van der Waals surface area contributed by atoms with E-state index in [4.69, 9.17) is 10.5 Å². The number of hydrogen-bond donors (Lipinski definition) is 2. The molecule has 0 atom stereocenters. The molecule has 1 aromatic rings. The van der Waals surface area contributed by atoms with E-state index in [-0.39, 0.29) is 5.91 Å². The quantitative estimate of drug-likeness (QED) is 0.748. The van der Waals surface area contributed by atoms with Crippen molar-refractivity contribution in [2.75, 3.05) is 37.8 Å². The Morgan fingerprint density at radius 3 is 2.80 bits per heavy atom. The van der Waals surface area contributed by atoms with E-state index < -0.39 is 0 Å². The zero-order valence-corrected chi connectivity index (χ0v) is 12.2. The van der Waals surface area contributed by atoms with Gasteiger partial charge in [-0.3, -0.25) is 9.69 Å². The Balaban J connectivity index is 1.89. The van der Waals surface area contributed by atoms with Gasteiger partial charge in [0.2, 0.25) is 5.91 Å². The van der Waals surface area contributed by atoms with E-state index in [1.165, 1.54) is 12.8 Å². The third-order valence-electron chi connectivity index (χ3n) is 3.56. The first-order chi connectivity index (χ1) is 9.62. The fraction of sp³-hybridized carbons (Fsp3) is 0.533. The summed E-state index contributed by atoms with van der Waals surface area (Å²) in [5.74, 6) is 1.45. The number of amides is 1. The first kappa shape index (κ1) is 14.7. The van der Waals surface area contributed by atoms with E-state index in [1.807, 2.05) is 0 Å². The molecule has 0 spiro atoms. The van der Waals surface area contributed by atoms with Crippen molar-refractivity contribution < 1.29 is 9.53 Å². The number of rotatable bonds is 7. The molecule has 5 heteroatoms. The van der Waals surface area contributed by atoms with Crippen LogP contribution in [0.5, 0.6) is 5.75 Å². The van der Waals surface area contributed by atoms with E-state index in [1.54, 1.807) is 25.3 Å². The summed E-state index contributed by atoms with van der Waals surface area (Å²) in [6, 6.07) is 5.26. The second kappa shape index (κ2) is 6.61. The number of carbonyl (C=O) groups excluding carboxylic acids is 1. The van der Waals surface area contributed by atoms with Gasteiger partial charge in [0.25, 0.3) is 0 Å². The number of carbonyl (C=O) groups is 1. The lowest BCUT2D eigenvalue weighted by molar-refractivity contribution is -0.117. The Labute approximate surface area is 120 Å². The van der Waals surface area contributed by atoms with Gasteiger partial charge in [-0.05, 0) is 37.4 Å². The zero-order chi connectivity index (χ0) is 14.5. The molecule has 2 rings (SSSR count). The fourth-order valence-corrected chi connectivity index (χ4v) is 2.15. The van der Waals surface area contributed by atoms with Crippen LogP contribution in [0.25, 0.3) is 0 Å². The van der Waals surface area contributed by atoms with Crippen molar-refractivity contribution in [1.29, 1.82) is 0 Å². The number of benzene rings is 1. The van der Waals surface area contributed by atoms with Crippen LogP contribution in [-0.4, -0.2) is 37.6 Å². The van der Waals surface area contributed by atoms with Crippen molar-refractivity contribution in [1.82, 2.24) is 4.90 Å². The highest BCUT2D eigenvalue weighted by molar-refractivity contribution is 5.95. The van der Waals surface area contributed by atoms with Crippen LogP contribution in [0, 0.1) is 5.92 Å². The highest BCUT2D eigenvalue weighted by Crippen LogP contribution is 2.29. The molecule has 0 bridgehead atoms. The van der Waals surface area contributed by atoms with E-state index in [0.29, 0.717) is 23.7 Å². The molecule has 110 valence electrons. The molecule has 1 saturated carbocycles. The molecule has 1 aromatic carbocycles. The maximum Gasteiger partial charge on any atom is 0.238 e. The smallest absolute Gasteiger partial charge is 0.238 e. The Kier molecular flexibility index (Phi) is 4.84. The summed E-state index contributed by atoms with van der Waals surface area (Å²) in [5, 5.41) is 2.86. The average Bonchev–Trinajstić information content (AvgIpc) is 3.24. The van der Waals surface area contributed by atoms with Gasteiger partial charge in [0, 0.05) is 12.6 Å². The summed E-state index contributed by atoms with van der Waals surface area (Å²) in [5.41, 5.74) is 7.04. The predicted octanol–water partition coefficient (Wildman–Crippen LogP) is 1.95. The van der Waals surface area contributed by atoms with E-state index in [9.17, 15) is 4.79 Å². The van der Waals surface area contributed by atoms with Gasteiger partial charge in [0.1, 0.15) is 5.75 Å². The van der Waals surface area contributed by atoms with Gasteiger partial charge in [-0.25, -0.2) is 0 Å². The summed E-state index contributed by atoms with van der Waals surface area (Å²) < 4.78 is 5.09. The Morgan fingerprint density at radius 2 is 2.25 bits per heavy atom. The lowest BCUT2D eigenvalue weighted by atomic mass is 10.2. The molecule has 0 aromatic heterocycles. The lowest BCUT2D eigenvalue weighted by Crippen LogP contribution is -2.34. The molecule has 1 aliphatic rings. The van der Waals surface area contributed by atoms with Crippen LogP contribution in [0.15, 0.2) is 18.2 Å². The molecule has 1 aliphatic carbocycles. The van der Waals surface area contributed by atoms with Gasteiger partial charge in [0.15, 0.2) is 0 Å². The molecule has 5 nitrogen and oxygen atoms in total. The van der Waals surface area contributed by atoms with Crippen LogP contribution in [0.4, 0.5) is 11.4 Å². The number of hydrogen-bond acceptors (Lipinski definition) is 4. The summed E-state index contributed by atoms with van der Waals surface area (Å²) >= 11 is 0. The number of nitrogen functional groups attached to an aromatic ring is 1. The molecule has 0 saturated heterocycles. The minimum Gasteiger partial charge on any atom is -0.497 e. The molecular formula is C15H23N3O2. The molecule has 0 radical (unpaired) electrons. The number of ether oxygens (including phenoxy) is 1. The van der Waals surface area contributed by atoms with Crippen molar-refractivity contribution >= 4 is 17.3 Å². The summed E-state index contributed by atoms with van der Waals surface area (Å²) in [4.78, 5) is 14.2. The van der Waals surface area contributed by atoms with Crippen LogP contribution in [0.3, 0.4) is 0 Å². The van der Waals surface area contributed by atoms with Crippen molar-refractivity contribution in [2.45, 2.75) is 19.8 Å². The fourth-order valence-electron chi connectivity index (χ4n) is 2.15. The standard InChI is InChI=1S/C15H23N3O2/c1-3-18(9-11-4-5-11)10-15(19)17-14-7-6-12(20-2)8-13(14)16/h6-8,11H,3-5,9-10,16H2,1-2H3,(H,17,19). The van der Waals surface area contributed by atoms with Crippen LogP contribution in [0.1, 0.15) is 19.8 Å². The van der Waals surface area contributed by atoms with Gasteiger partial charge in [-0.1, -0.05) is 6.92 Å². The normalized spacial score (nSPS) is 14.3. The van der Waals surface area contributed by atoms with Crippen molar-refractivity contribution in [2.24, 2.45) is 5.92 Å². The van der Waals surface area contributed by atoms with E-state index >= 15 is 0 Å². The minimum absolute atomic E-state index is 0.0237. The molecule has 1 fully saturated rings. The third kappa shape index (κ3) is 4.13. The van der Waals surface area contributed by atoms with Gasteiger partial charge < -0.3 is 15.8 Å². The number of nitrogens with one attached hydrogen (secondary N) is 1. The first-order valence-electron chi connectivity index (χ1n) is 7.08. The van der Waals surface area contributed by atoms with Crippen molar-refractivity contribution in [3.8, 4) is 5.75 Å². The van der Waals surface area contributed by atoms with Crippen LogP contribution in [-0.2, 0) is 4.79 Å². The van der Waals surface area contributed by atoms with E-state index in [2.05, 4.69) is 17.1 Å². The minimum atomic E-state index is -0.0237. The molecule has 20 heavy (non-hydrogen) atoms. The van der Waals surface area contributed by atoms with Crippen LogP contribution >= 0.6 is 0 Å². The van der Waals surface area contributed by atoms with Crippen LogP contribution < -0.4 is 15.8 Å². The monoisotopic (exact) mass is 277 g/mol. The van der Waals surface area contributed by atoms with Gasteiger partial charge in [0.05, 0.1) is 25.0 Å². The molecule has 3 N–H and O–H groups in total. The summed E-state index contributed by atoms with van der Waals surface area (Å²) in [7, 11) is 1.59. The Hall–Kier alpha value is -1.75. The number of anilines is 2. The summed E-state index contributed by atoms with van der Waals surface area (Å²) in [6.07, 6.45) is 2.59. The summed E-state index contributed by atoms with van der Waals surface area (Å²) in [6.45, 7) is 4.40.